The monoisotopic (exact) mass is 571 g/mol. The molecule has 1 heterocycles. The number of carbonyl (C=O) groups excluding carboxylic acids is 2. The molecular formula is C29H19BrClN3O3. The molecule has 0 aliphatic rings. The molecule has 5 rings (SSSR count). The Labute approximate surface area is 226 Å². The molecule has 0 bridgehead atoms. The molecule has 37 heavy (non-hydrogen) atoms. The highest BCUT2D eigenvalue weighted by Gasteiger charge is 2.21. The number of halogens is 2. The molecule has 0 spiro atoms. The van der Waals surface area contributed by atoms with Gasteiger partial charge in [0, 0.05) is 20.6 Å². The third-order valence-electron chi connectivity index (χ3n) is 5.61. The van der Waals surface area contributed by atoms with Crippen molar-refractivity contribution in [3.63, 3.8) is 0 Å². The quantitative estimate of drug-likeness (QED) is 0.154. The van der Waals surface area contributed by atoms with Gasteiger partial charge in [-0.15, -0.1) is 5.10 Å². The molecule has 0 fully saturated rings. The predicted octanol–water partition coefficient (Wildman–Crippen LogP) is 7.06. The van der Waals surface area contributed by atoms with Crippen LogP contribution in [0.2, 0.25) is 5.02 Å². The van der Waals surface area contributed by atoms with Crippen molar-refractivity contribution < 1.29 is 14.3 Å². The van der Waals surface area contributed by atoms with E-state index in [0.29, 0.717) is 27.7 Å². The van der Waals surface area contributed by atoms with Crippen molar-refractivity contribution in [3.8, 4) is 28.2 Å². The molecule has 4 aromatic carbocycles. The molecule has 0 amide bonds. The zero-order chi connectivity index (χ0) is 25.8. The summed E-state index contributed by atoms with van der Waals surface area (Å²) < 4.78 is 7.74. The van der Waals surface area contributed by atoms with Crippen molar-refractivity contribution in [2.45, 2.75) is 0 Å². The van der Waals surface area contributed by atoms with Crippen LogP contribution < -0.4 is 0 Å². The van der Waals surface area contributed by atoms with E-state index in [9.17, 15) is 9.59 Å². The average Bonchev–Trinajstić information content (AvgIpc) is 3.38. The van der Waals surface area contributed by atoms with Crippen molar-refractivity contribution in [3.05, 3.63) is 124 Å². The van der Waals surface area contributed by atoms with Crippen LogP contribution >= 0.6 is 27.5 Å². The first kappa shape index (κ1) is 24.6. The second-order valence-electron chi connectivity index (χ2n) is 8.10. The number of aromatic nitrogens is 3. The Morgan fingerprint density at radius 2 is 1.41 bits per heavy atom. The number of nitrogens with zero attached hydrogens (tertiary/aromatic N) is 3. The number of ether oxygens (including phenoxy) is 1. The fourth-order valence-electron chi connectivity index (χ4n) is 3.70. The molecule has 8 heteroatoms. The minimum absolute atomic E-state index is 0.153. The van der Waals surface area contributed by atoms with Gasteiger partial charge in [0.25, 0.3) is 5.82 Å². The van der Waals surface area contributed by atoms with Crippen molar-refractivity contribution in [1.29, 1.82) is 0 Å². The Bertz CT molecular complexity index is 1490. The van der Waals surface area contributed by atoms with Crippen molar-refractivity contribution >= 4 is 39.3 Å². The fraction of sp³-hybridized carbons (Fsp3) is 0.0345. The number of rotatable bonds is 7. The normalized spacial score (nSPS) is 10.8. The molecule has 0 unspecified atom stereocenters. The highest BCUT2D eigenvalue weighted by molar-refractivity contribution is 9.10. The molecule has 0 N–H and O–H groups in total. The van der Waals surface area contributed by atoms with Gasteiger partial charge in [0.2, 0.25) is 0 Å². The van der Waals surface area contributed by atoms with Gasteiger partial charge in [0.1, 0.15) is 0 Å². The molecular weight excluding hydrogens is 554 g/mol. The van der Waals surface area contributed by atoms with Crippen LogP contribution in [0, 0.1) is 0 Å². The van der Waals surface area contributed by atoms with Crippen molar-refractivity contribution in [1.82, 2.24) is 14.8 Å². The Balaban J connectivity index is 1.34. The summed E-state index contributed by atoms with van der Waals surface area (Å²) in [7, 11) is 0. The van der Waals surface area contributed by atoms with Gasteiger partial charge in [-0.2, -0.15) is 0 Å². The van der Waals surface area contributed by atoms with Crippen LogP contribution in [0.1, 0.15) is 21.0 Å². The van der Waals surface area contributed by atoms with Crippen LogP contribution in [0.25, 0.3) is 28.2 Å². The van der Waals surface area contributed by atoms with E-state index < -0.39 is 12.6 Å². The molecule has 0 aliphatic heterocycles. The first-order chi connectivity index (χ1) is 18.0. The second kappa shape index (κ2) is 10.9. The molecule has 0 atom stereocenters. The third-order valence-corrected chi connectivity index (χ3v) is 6.39. The summed E-state index contributed by atoms with van der Waals surface area (Å²) in [6.45, 7) is -0.424. The van der Waals surface area contributed by atoms with E-state index in [1.165, 1.54) is 0 Å². The smallest absolute Gasteiger partial charge is 0.378 e. The van der Waals surface area contributed by atoms with E-state index >= 15 is 0 Å². The van der Waals surface area contributed by atoms with Gasteiger partial charge in [-0.1, -0.05) is 82.1 Å². The van der Waals surface area contributed by atoms with Crippen LogP contribution in [-0.4, -0.2) is 33.1 Å². The highest BCUT2D eigenvalue weighted by Crippen LogP contribution is 2.24. The van der Waals surface area contributed by atoms with Crippen molar-refractivity contribution in [2.24, 2.45) is 0 Å². The zero-order valence-electron chi connectivity index (χ0n) is 19.3. The molecule has 0 radical (unpaired) electrons. The summed E-state index contributed by atoms with van der Waals surface area (Å²) in [5, 5.41) is 4.95. The number of esters is 1. The minimum atomic E-state index is -0.791. The zero-order valence-corrected chi connectivity index (χ0v) is 21.7. The summed E-state index contributed by atoms with van der Waals surface area (Å²) in [5.41, 5.74) is 3.91. The first-order valence-corrected chi connectivity index (χ1v) is 12.5. The Morgan fingerprint density at radius 3 is 2.08 bits per heavy atom. The second-order valence-corrected chi connectivity index (χ2v) is 9.45. The lowest BCUT2D eigenvalue weighted by Gasteiger charge is -2.06. The number of benzene rings is 4. The number of hydrogen-bond donors (Lipinski definition) is 0. The Kier molecular flexibility index (Phi) is 7.25. The molecule has 5 aromatic rings. The van der Waals surface area contributed by atoms with Crippen molar-refractivity contribution in [2.75, 3.05) is 6.61 Å². The standard InChI is InChI=1S/C29H19BrClN3O3/c30-23-12-16-25(17-13-23)34-28(22-10-14-24(31)15-11-22)32-27(33-34)29(36)37-18-26(35)21-8-6-20(7-9-21)19-4-2-1-3-5-19/h1-17H,18H2. The van der Waals surface area contributed by atoms with E-state index in [-0.39, 0.29) is 11.6 Å². The van der Waals surface area contributed by atoms with Gasteiger partial charge in [0.15, 0.2) is 18.2 Å². The molecule has 0 saturated carbocycles. The topological polar surface area (TPSA) is 74.1 Å². The van der Waals surface area contributed by atoms with E-state index in [2.05, 4.69) is 26.0 Å². The largest absolute Gasteiger partial charge is 0.451 e. The lowest BCUT2D eigenvalue weighted by molar-refractivity contribution is 0.0462. The first-order valence-electron chi connectivity index (χ1n) is 11.3. The molecule has 0 aliphatic carbocycles. The lowest BCUT2D eigenvalue weighted by Crippen LogP contribution is -2.15. The summed E-state index contributed by atoms with van der Waals surface area (Å²) in [6, 6.07) is 31.5. The summed E-state index contributed by atoms with van der Waals surface area (Å²) >= 11 is 9.46. The molecule has 1 aromatic heterocycles. The fourth-order valence-corrected chi connectivity index (χ4v) is 4.10. The third kappa shape index (κ3) is 5.69. The SMILES string of the molecule is O=C(COC(=O)c1nc(-c2ccc(Cl)cc2)n(-c2ccc(Br)cc2)n1)c1ccc(-c2ccccc2)cc1. The number of carbonyl (C=O) groups is 2. The maximum Gasteiger partial charge on any atom is 0.378 e. The highest BCUT2D eigenvalue weighted by atomic mass is 79.9. The maximum atomic E-state index is 12.8. The van der Waals surface area contributed by atoms with Crippen LogP contribution in [0.4, 0.5) is 0 Å². The average molecular weight is 573 g/mol. The van der Waals surface area contributed by atoms with Gasteiger partial charge >= 0.3 is 5.97 Å². The molecule has 182 valence electrons. The summed E-state index contributed by atoms with van der Waals surface area (Å²) in [5.74, 6) is -0.826. The van der Waals surface area contributed by atoms with Gasteiger partial charge in [-0.25, -0.2) is 14.5 Å². The molecule has 0 saturated heterocycles. The van der Waals surface area contributed by atoms with E-state index in [1.54, 1.807) is 41.1 Å². The lowest BCUT2D eigenvalue weighted by atomic mass is 10.0. The summed E-state index contributed by atoms with van der Waals surface area (Å²) in [4.78, 5) is 29.9. The number of Topliss-reactive ketones (excluding diaryl/α,β-unsaturated/α-hetero) is 1. The molecule has 6 nitrogen and oxygen atoms in total. The van der Waals surface area contributed by atoms with Gasteiger partial charge < -0.3 is 4.74 Å². The van der Waals surface area contributed by atoms with E-state index in [4.69, 9.17) is 16.3 Å². The van der Waals surface area contributed by atoms with E-state index in [0.717, 1.165) is 15.6 Å². The van der Waals surface area contributed by atoms with Crippen LogP contribution in [0.3, 0.4) is 0 Å². The maximum absolute atomic E-state index is 12.8. The van der Waals surface area contributed by atoms with Gasteiger partial charge in [-0.05, 0) is 59.7 Å². The summed E-state index contributed by atoms with van der Waals surface area (Å²) in [6.07, 6.45) is 0. The Morgan fingerprint density at radius 1 is 0.784 bits per heavy atom. The van der Waals surface area contributed by atoms with Crippen LogP contribution in [-0.2, 0) is 4.74 Å². The Hall–Kier alpha value is -4.07. The van der Waals surface area contributed by atoms with Gasteiger partial charge in [0.05, 0.1) is 5.69 Å². The number of hydrogen-bond acceptors (Lipinski definition) is 5. The van der Waals surface area contributed by atoms with Crippen LogP contribution in [0.5, 0.6) is 0 Å². The number of ketones is 1. The minimum Gasteiger partial charge on any atom is -0.451 e. The van der Waals surface area contributed by atoms with E-state index in [1.807, 2.05) is 66.7 Å². The van der Waals surface area contributed by atoms with Gasteiger partial charge in [-0.3, -0.25) is 4.79 Å². The predicted molar refractivity (Wildman–Crippen MR) is 146 cm³/mol. The van der Waals surface area contributed by atoms with Crippen LogP contribution in [0.15, 0.2) is 108 Å².